The summed E-state index contributed by atoms with van der Waals surface area (Å²) in [4.78, 5) is 22.3. The first kappa shape index (κ1) is 16.2. The van der Waals surface area contributed by atoms with Crippen LogP contribution in [-0.4, -0.2) is 47.0 Å². The molecule has 0 unspecified atom stereocenters. The van der Waals surface area contributed by atoms with Crippen LogP contribution in [0, 0.1) is 5.82 Å². The van der Waals surface area contributed by atoms with Gasteiger partial charge in [0.15, 0.2) is 11.6 Å². The normalized spacial score (nSPS) is 15.2. The zero-order valence-electron chi connectivity index (χ0n) is 13.4. The number of methoxy groups -OCH3 is 1. The number of ether oxygens (including phenoxy) is 1. The molecule has 7 heteroatoms. The molecule has 1 amide bonds. The summed E-state index contributed by atoms with van der Waals surface area (Å²) >= 11 is 0. The van der Waals surface area contributed by atoms with Crippen molar-refractivity contribution < 1.29 is 13.9 Å². The van der Waals surface area contributed by atoms with Crippen LogP contribution in [-0.2, 0) is 0 Å². The topological polar surface area (TPSA) is 67.3 Å². The van der Waals surface area contributed by atoms with Gasteiger partial charge in [0.25, 0.3) is 5.91 Å². The van der Waals surface area contributed by atoms with Crippen molar-refractivity contribution in [3.05, 3.63) is 48.2 Å². The highest BCUT2D eigenvalue weighted by molar-refractivity contribution is 5.94. The van der Waals surface area contributed by atoms with E-state index < -0.39 is 5.82 Å². The Morgan fingerprint density at radius 1 is 1.33 bits per heavy atom. The van der Waals surface area contributed by atoms with Gasteiger partial charge >= 0.3 is 0 Å². The maximum Gasteiger partial charge on any atom is 0.253 e. The molecule has 2 aromatic rings. The maximum absolute atomic E-state index is 13.8. The van der Waals surface area contributed by atoms with Gasteiger partial charge in [0, 0.05) is 30.9 Å². The average molecular weight is 330 g/mol. The number of benzene rings is 1. The number of carbonyl (C=O) groups is 1. The average Bonchev–Trinajstić information content (AvgIpc) is 2.62. The molecule has 0 radical (unpaired) electrons. The van der Waals surface area contributed by atoms with Crippen LogP contribution >= 0.6 is 0 Å². The van der Waals surface area contributed by atoms with E-state index in [1.165, 1.54) is 25.6 Å². The molecular formula is C17H19FN4O2. The highest BCUT2D eigenvalue weighted by Crippen LogP contribution is 2.21. The summed E-state index contributed by atoms with van der Waals surface area (Å²) in [5.41, 5.74) is 0.343. The van der Waals surface area contributed by atoms with Crippen LogP contribution in [0.3, 0.4) is 0 Å². The standard InChI is InChI=1S/C17H19FN4O2/c1-24-15-3-2-12(10-14(15)18)17(23)22-8-5-13(6-9-22)21-16-4-7-19-11-20-16/h2-4,7,10-11,13H,5-6,8-9H2,1H3,(H,19,20,21). The van der Waals surface area contributed by atoms with E-state index in [1.807, 2.05) is 6.07 Å². The van der Waals surface area contributed by atoms with Crippen LogP contribution in [0.25, 0.3) is 0 Å². The molecule has 126 valence electrons. The number of aromatic nitrogens is 2. The number of halogens is 1. The Balaban J connectivity index is 1.58. The number of carbonyl (C=O) groups excluding carboxylic acids is 1. The third-order valence-electron chi connectivity index (χ3n) is 4.11. The number of rotatable bonds is 4. The fourth-order valence-corrected chi connectivity index (χ4v) is 2.79. The second-order valence-corrected chi connectivity index (χ2v) is 5.65. The smallest absolute Gasteiger partial charge is 0.253 e. The predicted octanol–water partition coefficient (Wildman–Crippen LogP) is 2.34. The Hall–Kier alpha value is -2.70. The molecule has 0 saturated carbocycles. The molecule has 1 aliphatic rings. The minimum absolute atomic E-state index is 0.138. The number of hydrogen-bond donors (Lipinski definition) is 1. The maximum atomic E-state index is 13.8. The van der Waals surface area contributed by atoms with Gasteiger partial charge < -0.3 is 15.0 Å². The minimum Gasteiger partial charge on any atom is -0.494 e. The molecule has 24 heavy (non-hydrogen) atoms. The Kier molecular flexibility index (Phi) is 4.88. The first-order valence-corrected chi connectivity index (χ1v) is 7.82. The van der Waals surface area contributed by atoms with Crippen LogP contribution in [0.15, 0.2) is 36.8 Å². The van der Waals surface area contributed by atoms with Crippen molar-refractivity contribution in [2.24, 2.45) is 0 Å². The van der Waals surface area contributed by atoms with Crippen molar-refractivity contribution in [3.8, 4) is 5.75 Å². The van der Waals surface area contributed by atoms with Crippen LogP contribution in [0.2, 0.25) is 0 Å². The first-order chi connectivity index (χ1) is 11.7. The van der Waals surface area contributed by atoms with Gasteiger partial charge in [0.2, 0.25) is 0 Å². The number of piperidine rings is 1. The molecule has 1 N–H and O–H groups in total. The highest BCUT2D eigenvalue weighted by Gasteiger charge is 2.24. The molecular weight excluding hydrogens is 311 g/mol. The molecule has 3 rings (SSSR count). The third-order valence-corrected chi connectivity index (χ3v) is 4.11. The van der Waals surface area contributed by atoms with E-state index in [1.54, 1.807) is 17.2 Å². The second-order valence-electron chi connectivity index (χ2n) is 5.65. The van der Waals surface area contributed by atoms with Crippen molar-refractivity contribution in [3.63, 3.8) is 0 Å². The lowest BCUT2D eigenvalue weighted by molar-refractivity contribution is 0.0718. The SMILES string of the molecule is COc1ccc(C(=O)N2CCC(Nc3ccncn3)CC2)cc1F. The zero-order valence-corrected chi connectivity index (χ0v) is 13.4. The summed E-state index contributed by atoms with van der Waals surface area (Å²) in [6, 6.07) is 6.38. The van der Waals surface area contributed by atoms with E-state index in [0.717, 1.165) is 18.7 Å². The summed E-state index contributed by atoms with van der Waals surface area (Å²) in [6.07, 6.45) is 4.81. The Morgan fingerprint density at radius 3 is 2.75 bits per heavy atom. The van der Waals surface area contributed by atoms with Crippen LogP contribution in [0.1, 0.15) is 23.2 Å². The van der Waals surface area contributed by atoms with Crippen LogP contribution < -0.4 is 10.1 Å². The molecule has 1 aliphatic heterocycles. The molecule has 0 atom stereocenters. The van der Waals surface area contributed by atoms with Crippen molar-refractivity contribution >= 4 is 11.7 Å². The summed E-state index contributed by atoms with van der Waals surface area (Å²) < 4.78 is 18.6. The lowest BCUT2D eigenvalue weighted by Crippen LogP contribution is -2.42. The summed E-state index contributed by atoms with van der Waals surface area (Å²) in [5, 5.41) is 3.34. The molecule has 2 heterocycles. The minimum atomic E-state index is -0.524. The quantitative estimate of drug-likeness (QED) is 0.932. The lowest BCUT2D eigenvalue weighted by Gasteiger charge is -2.32. The molecule has 1 aromatic carbocycles. The number of hydrogen-bond acceptors (Lipinski definition) is 5. The fourth-order valence-electron chi connectivity index (χ4n) is 2.79. The molecule has 0 spiro atoms. The van der Waals surface area contributed by atoms with Crippen molar-refractivity contribution in [2.45, 2.75) is 18.9 Å². The van der Waals surface area contributed by atoms with Gasteiger partial charge in [-0.2, -0.15) is 0 Å². The van der Waals surface area contributed by atoms with Gasteiger partial charge in [-0.3, -0.25) is 4.79 Å². The van der Waals surface area contributed by atoms with Crippen molar-refractivity contribution in [1.82, 2.24) is 14.9 Å². The van der Waals surface area contributed by atoms with E-state index in [0.29, 0.717) is 18.7 Å². The highest BCUT2D eigenvalue weighted by atomic mass is 19.1. The van der Waals surface area contributed by atoms with E-state index >= 15 is 0 Å². The molecule has 1 saturated heterocycles. The van der Waals surface area contributed by atoms with Crippen LogP contribution in [0.5, 0.6) is 5.75 Å². The Labute approximate surface area is 139 Å². The Bertz CT molecular complexity index is 703. The number of likely N-dealkylation sites (tertiary alicyclic amines) is 1. The molecule has 6 nitrogen and oxygen atoms in total. The number of nitrogens with one attached hydrogen (secondary N) is 1. The van der Waals surface area contributed by atoms with Gasteiger partial charge in [-0.05, 0) is 37.1 Å². The van der Waals surface area contributed by atoms with Crippen LogP contribution in [0.4, 0.5) is 10.2 Å². The molecule has 0 aliphatic carbocycles. The summed E-state index contributed by atoms with van der Waals surface area (Å²) in [6.45, 7) is 1.24. The third kappa shape index (κ3) is 3.61. The van der Waals surface area contributed by atoms with Gasteiger partial charge in [-0.1, -0.05) is 0 Å². The molecule has 1 aromatic heterocycles. The van der Waals surface area contributed by atoms with E-state index in [4.69, 9.17) is 4.74 Å². The summed E-state index contributed by atoms with van der Waals surface area (Å²) in [5.74, 6) is 0.243. The number of anilines is 1. The number of nitrogens with zero attached hydrogens (tertiary/aromatic N) is 3. The molecule has 0 bridgehead atoms. The Morgan fingerprint density at radius 2 is 2.12 bits per heavy atom. The lowest BCUT2D eigenvalue weighted by atomic mass is 10.0. The predicted molar refractivity (Wildman–Crippen MR) is 87.5 cm³/mol. The largest absolute Gasteiger partial charge is 0.494 e. The second kappa shape index (κ2) is 7.25. The van der Waals surface area contributed by atoms with E-state index in [-0.39, 0.29) is 17.7 Å². The van der Waals surface area contributed by atoms with Gasteiger partial charge in [-0.15, -0.1) is 0 Å². The van der Waals surface area contributed by atoms with E-state index in [9.17, 15) is 9.18 Å². The van der Waals surface area contributed by atoms with Gasteiger partial charge in [0.05, 0.1) is 7.11 Å². The van der Waals surface area contributed by atoms with Crippen molar-refractivity contribution in [1.29, 1.82) is 0 Å². The monoisotopic (exact) mass is 330 g/mol. The van der Waals surface area contributed by atoms with E-state index in [2.05, 4.69) is 15.3 Å². The van der Waals surface area contributed by atoms with Gasteiger partial charge in [0.1, 0.15) is 12.1 Å². The van der Waals surface area contributed by atoms with Crippen molar-refractivity contribution in [2.75, 3.05) is 25.5 Å². The first-order valence-electron chi connectivity index (χ1n) is 7.82. The van der Waals surface area contributed by atoms with Gasteiger partial charge in [-0.25, -0.2) is 14.4 Å². The zero-order chi connectivity index (χ0) is 16.9. The number of amides is 1. The molecule has 1 fully saturated rings. The fraction of sp³-hybridized carbons (Fsp3) is 0.353. The summed E-state index contributed by atoms with van der Waals surface area (Å²) in [7, 11) is 1.40.